The molecule has 1 atom stereocenters. The lowest BCUT2D eigenvalue weighted by atomic mass is 10.2. The molecule has 0 spiro atoms. The van der Waals surface area contributed by atoms with Gasteiger partial charge in [0.05, 0.1) is 5.39 Å². The molecule has 3 aromatic heterocycles. The molecule has 26 heavy (non-hydrogen) atoms. The third kappa shape index (κ3) is 3.57. The van der Waals surface area contributed by atoms with Crippen molar-refractivity contribution in [3.63, 3.8) is 0 Å². The number of hydrogen-bond donors (Lipinski definition) is 1. The highest BCUT2D eigenvalue weighted by atomic mass is 32.1. The molecule has 0 saturated heterocycles. The molecule has 0 aliphatic heterocycles. The molecule has 0 aromatic carbocycles. The van der Waals surface area contributed by atoms with E-state index in [4.69, 9.17) is 4.74 Å². The summed E-state index contributed by atoms with van der Waals surface area (Å²) in [7, 11) is 1.70. The van der Waals surface area contributed by atoms with Crippen molar-refractivity contribution < 1.29 is 9.53 Å². The molecule has 1 N–H and O–H groups in total. The van der Waals surface area contributed by atoms with Crippen molar-refractivity contribution >= 4 is 33.5 Å². The smallest absolute Gasteiger partial charge is 0.326 e. The first-order valence-corrected chi connectivity index (χ1v) is 8.86. The maximum Gasteiger partial charge on any atom is 0.326 e. The number of nitrogens with zero attached hydrogens (tertiary/aromatic N) is 4. The van der Waals surface area contributed by atoms with E-state index < -0.39 is 12.1 Å². The number of hydrogen-bond acceptors (Lipinski definition) is 8. The molecule has 0 aliphatic carbocycles. The molecule has 0 amide bonds. The van der Waals surface area contributed by atoms with Gasteiger partial charge in [0.2, 0.25) is 5.95 Å². The van der Waals surface area contributed by atoms with Gasteiger partial charge < -0.3 is 14.6 Å². The third-order valence-corrected chi connectivity index (χ3v) is 5.11. The molecule has 3 aromatic rings. The van der Waals surface area contributed by atoms with E-state index in [1.165, 1.54) is 11.3 Å². The SMILES string of the molecule is Cc1sc2nc(C(C)OC(=O)CN(C)c3ncccn3)[nH]c(=O)c2c1C. The summed E-state index contributed by atoms with van der Waals surface area (Å²) < 4.78 is 5.41. The summed E-state index contributed by atoms with van der Waals surface area (Å²) >= 11 is 1.45. The van der Waals surface area contributed by atoms with Gasteiger partial charge in [-0.1, -0.05) is 0 Å². The van der Waals surface area contributed by atoms with Crippen LogP contribution in [-0.4, -0.2) is 39.5 Å². The van der Waals surface area contributed by atoms with Crippen LogP contribution in [0.15, 0.2) is 23.3 Å². The van der Waals surface area contributed by atoms with E-state index in [1.807, 2.05) is 13.8 Å². The van der Waals surface area contributed by atoms with Crippen molar-refractivity contribution in [2.45, 2.75) is 26.9 Å². The van der Waals surface area contributed by atoms with Crippen LogP contribution in [0.2, 0.25) is 0 Å². The van der Waals surface area contributed by atoms with Crippen LogP contribution in [0.25, 0.3) is 10.2 Å². The Morgan fingerprint density at radius 2 is 2.04 bits per heavy atom. The first kappa shape index (κ1) is 18.0. The van der Waals surface area contributed by atoms with Crippen molar-refractivity contribution in [3.05, 3.63) is 45.1 Å². The summed E-state index contributed by atoms with van der Waals surface area (Å²) in [5, 5.41) is 0.593. The Kier molecular flexibility index (Phi) is 4.99. The summed E-state index contributed by atoms with van der Waals surface area (Å²) in [5.74, 6) is 0.291. The predicted octanol–water partition coefficient (Wildman–Crippen LogP) is 2.13. The number of nitrogens with one attached hydrogen (secondary N) is 1. The Balaban J connectivity index is 1.73. The molecule has 0 saturated carbocycles. The van der Waals surface area contributed by atoms with E-state index >= 15 is 0 Å². The summed E-state index contributed by atoms with van der Waals surface area (Å²) in [5.41, 5.74) is 0.712. The quantitative estimate of drug-likeness (QED) is 0.684. The van der Waals surface area contributed by atoms with Gasteiger partial charge in [-0.25, -0.2) is 15.0 Å². The minimum absolute atomic E-state index is 0.0158. The first-order chi connectivity index (χ1) is 12.4. The van der Waals surface area contributed by atoms with Crippen LogP contribution in [0.4, 0.5) is 5.95 Å². The van der Waals surface area contributed by atoms with E-state index in [0.29, 0.717) is 22.0 Å². The highest BCUT2D eigenvalue weighted by molar-refractivity contribution is 7.18. The number of carbonyl (C=O) groups excluding carboxylic acids is 1. The molecule has 3 rings (SSSR count). The van der Waals surface area contributed by atoms with Crippen LogP contribution >= 0.6 is 11.3 Å². The maximum atomic E-state index is 12.3. The Hall–Kier alpha value is -2.81. The van der Waals surface area contributed by atoms with Gasteiger partial charge in [0.25, 0.3) is 5.56 Å². The molecule has 1 unspecified atom stereocenters. The molecule has 136 valence electrons. The van der Waals surface area contributed by atoms with Gasteiger partial charge in [-0.3, -0.25) is 9.59 Å². The third-order valence-electron chi connectivity index (χ3n) is 4.01. The zero-order chi connectivity index (χ0) is 18.8. The summed E-state index contributed by atoms with van der Waals surface area (Å²) in [6, 6.07) is 1.70. The van der Waals surface area contributed by atoms with Crippen molar-refractivity contribution in [2.75, 3.05) is 18.5 Å². The zero-order valence-corrected chi connectivity index (χ0v) is 15.8. The maximum absolute atomic E-state index is 12.3. The van der Waals surface area contributed by atoms with Crippen molar-refractivity contribution in [1.82, 2.24) is 19.9 Å². The second-order valence-corrected chi connectivity index (χ2v) is 7.15. The number of ether oxygens (including phenoxy) is 1. The molecule has 0 bridgehead atoms. The van der Waals surface area contributed by atoms with Gasteiger partial charge in [-0.2, -0.15) is 0 Å². The van der Waals surface area contributed by atoms with Crippen LogP contribution in [0.5, 0.6) is 0 Å². The predicted molar refractivity (Wildman–Crippen MR) is 99.5 cm³/mol. The van der Waals surface area contributed by atoms with Gasteiger partial charge in [0, 0.05) is 24.3 Å². The number of aromatic amines is 1. The number of anilines is 1. The largest absolute Gasteiger partial charge is 0.453 e. The first-order valence-electron chi connectivity index (χ1n) is 8.04. The number of H-pyrrole nitrogens is 1. The van der Waals surface area contributed by atoms with Crippen molar-refractivity contribution in [3.8, 4) is 0 Å². The molecule has 3 heterocycles. The minimum Gasteiger partial charge on any atom is -0.453 e. The van der Waals surface area contributed by atoms with E-state index in [9.17, 15) is 9.59 Å². The van der Waals surface area contributed by atoms with Crippen molar-refractivity contribution in [1.29, 1.82) is 0 Å². The van der Waals surface area contributed by atoms with E-state index in [1.54, 1.807) is 37.3 Å². The number of fused-ring (bicyclic) bond motifs is 1. The number of likely N-dealkylation sites (N-methyl/N-ethyl adjacent to an activating group) is 1. The number of carbonyl (C=O) groups is 1. The van der Waals surface area contributed by atoms with Crippen LogP contribution in [0.1, 0.15) is 29.3 Å². The summed E-state index contributed by atoms with van der Waals surface area (Å²) in [4.78, 5) is 43.1. The zero-order valence-electron chi connectivity index (χ0n) is 14.9. The monoisotopic (exact) mass is 373 g/mol. The number of rotatable bonds is 5. The highest BCUT2D eigenvalue weighted by Crippen LogP contribution is 2.26. The normalized spacial score (nSPS) is 12.2. The van der Waals surface area contributed by atoms with Gasteiger partial charge >= 0.3 is 5.97 Å². The summed E-state index contributed by atoms with van der Waals surface area (Å²) in [6.07, 6.45) is 2.52. The summed E-state index contributed by atoms with van der Waals surface area (Å²) in [6.45, 7) is 5.51. The van der Waals surface area contributed by atoms with E-state index in [0.717, 1.165) is 10.4 Å². The van der Waals surface area contributed by atoms with Crippen LogP contribution in [0.3, 0.4) is 0 Å². The van der Waals surface area contributed by atoms with Gasteiger partial charge in [-0.15, -0.1) is 11.3 Å². The average molecular weight is 373 g/mol. The lowest BCUT2D eigenvalue weighted by molar-refractivity contribution is -0.147. The Labute approximate surface area is 153 Å². The molecule has 0 radical (unpaired) electrons. The van der Waals surface area contributed by atoms with E-state index in [2.05, 4.69) is 19.9 Å². The Morgan fingerprint density at radius 1 is 1.35 bits per heavy atom. The van der Waals surface area contributed by atoms with Crippen molar-refractivity contribution in [2.24, 2.45) is 0 Å². The van der Waals surface area contributed by atoms with Gasteiger partial charge in [0.15, 0.2) is 11.9 Å². The van der Waals surface area contributed by atoms with Crippen LogP contribution in [-0.2, 0) is 9.53 Å². The van der Waals surface area contributed by atoms with Crippen LogP contribution in [0, 0.1) is 13.8 Å². The number of esters is 1. The van der Waals surface area contributed by atoms with Gasteiger partial charge in [0.1, 0.15) is 11.4 Å². The Bertz CT molecular complexity index is 999. The lowest BCUT2D eigenvalue weighted by Gasteiger charge is -2.18. The fourth-order valence-corrected chi connectivity index (χ4v) is 3.54. The molecule has 9 heteroatoms. The van der Waals surface area contributed by atoms with Gasteiger partial charge in [-0.05, 0) is 32.4 Å². The molecule has 0 fully saturated rings. The highest BCUT2D eigenvalue weighted by Gasteiger charge is 2.19. The average Bonchev–Trinajstić information content (AvgIpc) is 2.90. The molecule has 0 aliphatic rings. The topological polar surface area (TPSA) is 101 Å². The molecular weight excluding hydrogens is 354 g/mol. The number of aryl methyl sites for hydroxylation is 2. The Morgan fingerprint density at radius 3 is 2.73 bits per heavy atom. The second kappa shape index (κ2) is 7.20. The van der Waals surface area contributed by atoms with Crippen LogP contribution < -0.4 is 10.5 Å². The van der Waals surface area contributed by atoms with E-state index in [-0.39, 0.29) is 12.1 Å². The number of aromatic nitrogens is 4. The lowest BCUT2D eigenvalue weighted by Crippen LogP contribution is -2.29. The standard InChI is InChI=1S/C17H19N5O3S/c1-9-11(3)26-16-13(9)15(24)20-14(21-16)10(2)25-12(23)8-22(4)17-18-6-5-7-19-17/h5-7,10H,8H2,1-4H3,(H,20,21,24). The fraction of sp³-hybridized carbons (Fsp3) is 0.353. The minimum atomic E-state index is -0.674. The second-order valence-electron chi connectivity index (χ2n) is 5.95. The molecule has 8 nitrogen and oxygen atoms in total. The molecular formula is C17H19N5O3S. The number of thiophene rings is 1. The fourth-order valence-electron chi connectivity index (χ4n) is 2.51.